The predicted octanol–water partition coefficient (Wildman–Crippen LogP) is 3.08. The minimum Gasteiger partial charge on any atom is -0.329 e. The summed E-state index contributed by atoms with van der Waals surface area (Å²) < 4.78 is 0. The maximum absolute atomic E-state index is 6.10. The van der Waals surface area contributed by atoms with Gasteiger partial charge in [0.05, 0.1) is 0 Å². The van der Waals surface area contributed by atoms with E-state index in [4.69, 9.17) is 5.73 Å². The van der Waals surface area contributed by atoms with E-state index >= 15 is 0 Å². The van der Waals surface area contributed by atoms with Crippen molar-refractivity contribution >= 4 is 11.8 Å². The molecule has 1 aliphatic rings. The molecule has 1 fully saturated rings. The molecule has 0 aliphatic carbocycles. The third-order valence-electron chi connectivity index (χ3n) is 4.08. The monoisotopic (exact) mass is 278 g/mol. The smallest absolute Gasteiger partial charge is 0.0473 e. The van der Waals surface area contributed by atoms with Crippen molar-refractivity contribution in [2.24, 2.45) is 5.73 Å². The minimum atomic E-state index is 0.395. The molecule has 1 aliphatic heterocycles. The Morgan fingerprint density at radius 3 is 2.84 bits per heavy atom. The lowest BCUT2D eigenvalue weighted by Gasteiger charge is -2.38. The molecule has 3 heteroatoms. The highest BCUT2D eigenvalue weighted by Gasteiger charge is 2.26. The zero-order chi connectivity index (χ0) is 13.7. The van der Waals surface area contributed by atoms with E-state index in [1.54, 1.807) is 0 Å². The van der Waals surface area contributed by atoms with E-state index in [1.807, 2.05) is 0 Å². The van der Waals surface area contributed by atoms with Gasteiger partial charge in [0.1, 0.15) is 0 Å². The molecule has 2 atom stereocenters. The summed E-state index contributed by atoms with van der Waals surface area (Å²) in [7, 11) is 0. The standard InChI is InChI=1S/C16H26N2S/c1-3-13-7-5-6-8-15(13)16(11-17)18-9-10-19-14(4-2)12-18/h5-8,14,16H,3-4,9-12,17H2,1-2H3. The molecular formula is C16H26N2S. The van der Waals surface area contributed by atoms with E-state index < -0.39 is 0 Å². The molecule has 2 unspecified atom stereocenters. The molecule has 2 N–H and O–H groups in total. The van der Waals surface area contributed by atoms with E-state index in [0.29, 0.717) is 6.04 Å². The van der Waals surface area contributed by atoms with Gasteiger partial charge in [-0.15, -0.1) is 0 Å². The first-order valence-electron chi connectivity index (χ1n) is 7.43. The summed E-state index contributed by atoms with van der Waals surface area (Å²) >= 11 is 2.12. The molecular weight excluding hydrogens is 252 g/mol. The summed E-state index contributed by atoms with van der Waals surface area (Å²) in [5, 5.41) is 0.775. The molecule has 0 bridgehead atoms. The number of nitrogens with two attached hydrogens (primary N) is 1. The Hall–Kier alpha value is -0.510. The Kier molecular flexibility index (Phi) is 5.74. The van der Waals surface area contributed by atoms with E-state index in [1.165, 1.54) is 36.4 Å². The second kappa shape index (κ2) is 7.32. The van der Waals surface area contributed by atoms with E-state index in [0.717, 1.165) is 18.2 Å². The van der Waals surface area contributed by atoms with Crippen molar-refractivity contribution < 1.29 is 0 Å². The Labute approximate surface area is 121 Å². The van der Waals surface area contributed by atoms with Gasteiger partial charge < -0.3 is 5.73 Å². The van der Waals surface area contributed by atoms with Crippen LogP contribution in [0.3, 0.4) is 0 Å². The fourth-order valence-electron chi connectivity index (χ4n) is 2.93. The third-order valence-corrected chi connectivity index (χ3v) is 5.46. The minimum absolute atomic E-state index is 0.395. The second-order valence-electron chi connectivity index (χ2n) is 5.20. The van der Waals surface area contributed by atoms with Crippen molar-refractivity contribution in [1.82, 2.24) is 4.90 Å². The molecule has 1 aromatic rings. The van der Waals surface area contributed by atoms with Gasteiger partial charge in [0, 0.05) is 36.7 Å². The summed E-state index contributed by atoms with van der Waals surface area (Å²) in [6.07, 6.45) is 2.35. The molecule has 19 heavy (non-hydrogen) atoms. The average molecular weight is 278 g/mol. The quantitative estimate of drug-likeness (QED) is 0.897. The number of benzene rings is 1. The first kappa shape index (κ1) is 14.9. The van der Waals surface area contributed by atoms with Crippen LogP contribution in [0, 0.1) is 0 Å². The Bertz CT molecular complexity index is 394. The lowest BCUT2D eigenvalue weighted by Crippen LogP contribution is -2.43. The van der Waals surface area contributed by atoms with Crippen molar-refractivity contribution in [2.75, 3.05) is 25.4 Å². The molecule has 0 aromatic heterocycles. The number of hydrogen-bond donors (Lipinski definition) is 1. The van der Waals surface area contributed by atoms with Crippen molar-refractivity contribution in [3.63, 3.8) is 0 Å². The van der Waals surface area contributed by atoms with Gasteiger partial charge in [-0.1, -0.05) is 38.1 Å². The third kappa shape index (κ3) is 3.53. The Balaban J connectivity index is 2.19. The van der Waals surface area contributed by atoms with Crippen molar-refractivity contribution in [3.8, 4) is 0 Å². The summed E-state index contributed by atoms with van der Waals surface area (Å²) in [6, 6.07) is 9.18. The van der Waals surface area contributed by atoms with Crippen LogP contribution in [0.25, 0.3) is 0 Å². The van der Waals surface area contributed by atoms with Crippen LogP contribution in [0.15, 0.2) is 24.3 Å². The number of rotatable bonds is 5. The van der Waals surface area contributed by atoms with Crippen LogP contribution < -0.4 is 5.73 Å². The summed E-state index contributed by atoms with van der Waals surface area (Å²) in [6.45, 7) is 7.59. The molecule has 1 saturated heterocycles. The zero-order valence-corrected chi connectivity index (χ0v) is 13.0. The molecule has 0 spiro atoms. The highest BCUT2D eigenvalue weighted by Crippen LogP contribution is 2.29. The maximum Gasteiger partial charge on any atom is 0.0473 e. The van der Waals surface area contributed by atoms with Crippen LogP contribution in [0.2, 0.25) is 0 Å². The average Bonchev–Trinajstić information content (AvgIpc) is 2.49. The normalized spacial score (nSPS) is 22.4. The lowest BCUT2D eigenvalue weighted by molar-refractivity contribution is 0.207. The number of aryl methyl sites for hydroxylation is 1. The highest BCUT2D eigenvalue weighted by molar-refractivity contribution is 8.00. The fraction of sp³-hybridized carbons (Fsp3) is 0.625. The van der Waals surface area contributed by atoms with E-state index in [-0.39, 0.29) is 0 Å². The molecule has 2 rings (SSSR count). The molecule has 106 valence electrons. The number of nitrogens with zero attached hydrogens (tertiary/aromatic N) is 1. The summed E-state index contributed by atoms with van der Waals surface area (Å²) in [5.41, 5.74) is 8.99. The Morgan fingerprint density at radius 2 is 2.16 bits per heavy atom. The van der Waals surface area contributed by atoms with Crippen molar-refractivity contribution in [1.29, 1.82) is 0 Å². The maximum atomic E-state index is 6.10. The molecule has 1 aromatic carbocycles. The number of thioether (sulfide) groups is 1. The van der Waals surface area contributed by atoms with Crippen LogP contribution >= 0.6 is 11.8 Å². The first-order valence-corrected chi connectivity index (χ1v) is 8.48. The van der Waals surface area contributed by atoms with Gasteiger partial charge in [-0.3, -0.25) is 4.90 Å². The van der Waals surface area contributed by atoms with Crippen LogP contribution in [-0.2, 0) is 6.42 Å². The van der Waals surface area contributed by atoms with Gasteiger partial charge in [-0.05, 0) is 24.0 Å². The van der Waals surface area contributed by atoms with Gasteiger partial charge in [0.25, 0.3) is 0 Å². The summed E-state index contributed by atoms with van der Waals surface area (Å²) in [5.74, 6) is 1.24. The van der Waals surface area contributed by atoms with E-state index in [2.05, 4.69) is 54.8 Å². The molecule has 0 radical (unpaired) electrons. The topological polar surface area (TPSA) is 29.3 Å². The first-order chi connectivity index (χ1) is 9.30. The van der Waals surface area contributed by atoms with Gasteiger partial charge in [-0.2, -0.15) is 11.8 Å². The van der Waals surface area contributed by atoms with Crippen molar-refractivity contribution in [3.05, 3.63) is 35.4 Å². The fourth-order valence-corrected chi connectivity index (χ4v) is 4.13. The van der Waals surface area contributed by atoms with E-state index in [9.17, 15) is 0 Å². The summed E-state index contributed by atoms with van der Waals surface area (Å²) in [4.78, 5) is 2.60. The molecule has 1 heterocycles. The van der Waals surface area contributed by atoms with Crippen molar-refractivity contribution in [2.45, 2.75) is 38.0 Å². The molecule has 0 amide bonds. The van der Waals surface area contributed by atoms with Gasteiger partial charge in [0.2, 0.25) is 0 Å². The lowest BCUT2D eigenvalue weighted by atomic mass is 9.97. The predicted molar refractivity (Wildman–Crippen MR) is 85.7 cm³/mol. The van der Waals surface area contributed by atoms with Gasteiger partial charge in [0.15, 0.2) is 0 Å². The molecule has 2 nitrogen and oxygen atoms in total. The van der Waals surface area contributed by atoms with Crippen LogP contribution in [0.5, 0.6) is 0 Å². The zero-order valence-electron chi connectivity index (χ0n) is 12.1. The van der Waals surface area contributed by atoms with Gasteiger partial charge >= 0.3 is 0 Å². The second-order valence-corrected chi connectivity index (χ2v) is 6.61. The van der Waals surface area contributed by atoms with Crippen LogP contribution in [-0.4, -0.2) is 35.5 Å². The van der Waals surface area contributed by atoms with Crippen LogP contribution in [0.4, 0.5) is 0 Å². The van der Waals surface area contributed by atoms with Gasteiger partial charge in [-0.25, -0.2) is 0 Å². The molecule has 0 saturated carbocycles. The number of hydrogen-bond acceptors (Lipinski definition) is 3. The largest absolute Gasteiger partial charge is 0.329 e. The Morgan fingerprint density at radius 1 is 1.37 bits per heavy atom. The van der Waals surface area contributed by atoms with Crippen LogP contribution in [0.1, 0.15) is 37.4 Å². The highest BCUT2D eigenvalue weighted by atomic mass is 32.2. The SMILES string of the molecule is CCc1ccccc1C(CN)N1CCSC(CC)C1.